The second kappa shape index (κ2) is 9.88. The Balaban J connectivity index is 2.03. The number of rotatable bonds is 8. The first-order valence-corrected chi connectivity index (χ1v) is 8.17. The van der Waals surface area contributed by atoms with Gasteiger partial charge in [0, 0.05) is 11.1 Å². The summed E-state index contributed by atoms with van der Waals surface area (Å²) in [5.74, 6) is 2.22. The Bertz CT molecular complexity index is 747. The van der Waals surface area contributed by atoms with Gasteiger partial charge in [-0.1, -0.05) is 24.3 Å². The molecule has 0 bridgehead atoms. The lowest BCUT2D eigenvalue weighted by Gasteiger charge is -2.09. The molecule has 0 spiro atoms. The third-order valence-electron chi connectivity index (χ3n) is 3.54. The average Bonchev–Trinajstić information content (AvgIpc) is 2.67. The highest BCUT2D eigenvalue weighted by molar-refractivity contribution is 5.84. The fraction of sp³-hybridized carbons (Fsp3) is 0.200. The summed E-state index contributed by atoms with van der Waals surface area (Å²) in [5.41, 5.74) is 8.72. The van der Waals surface area contributed by atoms with Crippen LogP contribution >= 0.6 is 0 Å². The molecule has 0 saturated carbocycles. The van der Waals surface area contributed by atoms with Crippen LogP contribution in [0.2, 0.25) is 0 Å². The highest BCUT2D eigenvalue weighted by Gasteiger charge is 2.00. The molecule has 2 aromatic carbocycles. The Morgan fingerprint density at radius 1 is 0.769 bits per heavy atom. The van der Waals surface area contributed by atoms with E-state index < -0.39 is 0 Å². The summed E-state index contributed by atoms with van der Waals surface area (Å²) >= 11 is 0. The van der Waals surface area contributed by atoms with Crippen LogP contribution in [-0.2, 0) is 0 Å². The predicted octanol–water partition coefficient (Wildman–Crippen LogP) is 3.50. The zero-order valence-corrected chi connectivity index (χ0v) is 15.5. The molecule has 0 aliphatic heterocycles. The van der Waals surface area contributed by atoms with E-state index in [-0.39, 0.29) is 0 Å². The van der Waals surface area contributed by atoms with E-state index in [4.69, 9.17) is 9.47 Å². The second-order valence-electron chi connectivity index (χ2n) is 5.60. The van der Waals surface area contributed by atoms with Crippen molar-refractivity contribution < 1.29 is 9.47 Å². The third kappa shape index (κ3) is 5.37. The van der Waals surface area contributed by atoms with Crippen LogP contribution in [0.25, 0.3) is 0 Å². The number of para-hydroxylation sites is 2. The van der Waals surface area contributed by atoms with Gasteiger partial charge in [0.1, 0.15) is 17.3 Å². The van der Waals surface area contributed by atoms with Gasteiger partial charge in [0.05, 0.1) is 26.6 Å². The van der Waals surface area contributed by atoms with Crippen molar-refractivity contribution in [2.45, 2.75) is 13.8 Å². The first kappa shape index (κ1) is 19.1. The van der Waals surface area contributed by atoms with Crippen molar-refractivity contribution in [2.24, 2.45) is 10.2 Å². The number of nitrogens with one attached hydrogen (secondary N) is 2. The molecule has 0 aromatic heterocycles. The van der Waals surface area contributed by atoms with Crippen LogP contribution in [0.4, 0.5) is 0 Å². The fourth-order valence-electron chi connectivity index (χ4n) is 2.13. The number of hydrogen-bond donors (Lipinski definition) is 2. The van der Waals surface area contributed by atoms with Gasteiger partial charge in [-0.2, -0.15) is 10.2 Å². The molecule has 0 amide bonds. The van der Waals surface area contributed by atoms with E-state index in [1.807, 2.05) is 62.4 Å². The van der Waals surface area contributed by atoms with Gasteiger partial charge in [-0.3, -0.25) is 10.9 Å². The minimum absolute atomic E-state index is 0.697. The van der Waals surface area contributed by atoms with Crippen molar-refractivity contribution in [2.75, 3.05) is 14.2 Å². The van der Waals surface area contributed by atoms with Crippen LogP contribution in [0.15, 0.2) is 70.1 Å². The molecule has 6 nitrogen and oxygen atoms in total. The molecule has 2 aromatic rings. The topological polar surface area (TPSA) is 67.2 Å². The Morgan fingerprint density at radius 2 is 1.19 bits per heavy atom. The number of benzene rings is 2. The van der Waals surface area contributed by atoms with Gasteiger partial charge in [-0.05, 0) is 43.7 Å². The maximum atomic E-state index is 5.30. The van der Waals surface area contributed by atoms with Gasteiger partial charge >= 0.3 is 0 Å². The monoisotopic (exact) mass is 352 g/mol. The van der Waals surface area contributed by atoms with E-state index in [1.54, 1.807) is 26.6 Å². The van der Waals surface area contributed by atoms with E-state index >= 15 is 0 Å². The summed E-state index contributed by atoms with van der Waals surface area (Å²) in [7, 11) is 3.27. The van der Waals surface area contributed by atoms with Gasteiger partial charge in [0.25, 0.3) is 0 Å². The summed E-state index contributed by atoms with van der Waals surface area (Å²) in [5, 5.41) is 8.51. The number of hydrogen-bond acceptors (Lipinski definition) is 6. The first-order chi connectivity index (χ1) is 12.7. The van der Waals surface area contributed by atoms with Crippen molar-refractivity contribution in [1.29, 1.82) is 0 Å². The van der Waals surface area contributed by atoms with Crippen LogP contribution < -0.4 is 20.3 Å². The molecule has 26 heavy (non-hydrogen) atoms. The Labute approximate surface area is 154 Å². The molecule has 0 aliphatic rings. The first-order valence-electron chi connectivity index (χ1n) is 8.17. The fourth-order valence-corrected chi connectivity index (χ4v) is 2.13. The average molecular weight is 352 g/mol. The molecule has 2 N–H and O–H groups in total. The summed E-state index contributed by atoms with van der Waals surface area (Å²) < 4.78 is 10.6. The Morgan fingerprint density at radius 3 is 1.58 bits per heavy atom. The van der Waals surface area contributed by atoms with Crippen LogP contribution in [0.5, 0.6) is 11.5 Å². The molecule has 0 saturated heterocycles. The van der Waals surface area contributed by atoms with Gasteiger partial charge in [0.15, 0.2) is 0 Å². The molecule has 0 radical (unpaired) electrons. The number of nitrogens with zero attached hydrogens (tertiary/aromatic N) is 2. The highest BCUT2D eigenvalue weighted by Crippen LogP contribution is 2.15. The summed E-state index contributed by atoms with van der Waals surface area (Å²) in [6.07, 6.45) is 3.40. The van der Waals surface area contributed by atoms with E-state index in [2.05, 4.69) is 21.1 Å². The predicted molar refractivity (Wildman–Crippen MR) is 106 cm³/mol. The molecular weight excluding hydrogens is 328 g/mol. The summed E-state index contributed by atoms with van der Waals surface area (Å²) in [6.45, 7) is 3.93. The largest absolute Gasteiger partial charge is 0.496 e. The molecule has 0 aliphatic carbocycles. The molecule has 2 rings (SSSR count). The van der Waals surface area contributed by atoms with Crippen LogP contribution in [-0.4, -0.2) is 26.6 Å². The molecule has 0 atom stereocenters. The van der Waals surface area contributed by atoms with Crippen molar-refractivity contribution in [3.63, 3.8) is 0 Å². The van der Waals surface area contributed by atoms with Crippen molar-refractivity contribution >= 4 is 12.4 Å². The molecule has 6 heteroatoms. The quantitative estimate of drug-likeness (QED) is 0.564. The van der Waals surface area contributed by atoms with Crippen LogP contribution in [0, 0.1) is 0 Å². The van der Waals surface area contributed by atoms with Gasteiger partial charge < -0.3 is 9.47 Å². The SMILES string of the molecule is COc1ccccc1/C=N/NC(N/N=C/c1ccccc1OC)=C(C)C. The van der Waals surface area contributed by atoms with Crippen molar-refractivity contribution in [3.8, 4) is 11.5 Å². The van der Waals surface area contributed by atoms with Crippen molar-refractivity contribution in [3.05, 3.63) is 71.1 Å². The van der Waals surface area contributed by atoms with E-state index in [0.717, 1.165) is 28.2 Å². The maximum Gasteiger partial charge on any atom is 0.138 e. The minimum Gasteiger partial charge on any atom is -0.496 e. The highest BCUT2D eigenvalue weighted by atomic mass is 16.5. The van der Waals surface area contributed by atoms with E-state index in [0.29, 0.717) is 5.82 Å². The lowest BCUT2D eigenvalue weighted by Crippen LogP contribution is -2.20. The van der Waals surface area contributed by atoms with Gasteiger partial charge in [0.2, 0.25) is 0 Å². The zero-order valence-electron chi connectivity index (χ0n) is 15.5. The maximum absolute atomic E-state index is 5.30. The number of allylic oxidation sites excluding steroid dienone is 1. The van der Waals surface area contributed by atoms with Crippen LogP contribution in [0.3, 0.4) is 0 Å². The van der Waals surface area contributed by atoms with Gasteiger partial charge in [-0.25, -0.2) is 0 Å². The lowest BCUT2D eigenvalue weighted by atomic mass is 10.2. The summed E-state index contributed by atoms with van der Waals surface area (Å²) in [6, 6.07) is 15.3. The molecule has 0 unspecified atom stereocenters. The van der Waals surface area contributed by atoms with E-state index in [1.165, 1.54) is 0 Å². The zero-order chi connectivity index (χ0) is 18.8. The van der Waals surface area contributed by atoms with Gasteiger partial charge in [-0.15, -0.1) is 0 Å². The number of ether oxygens (including phenoxy) is 2. The molecular formula is C20H24N4O2. The molecule has 0 heterocycles. The Kier molecular flexibility index (Phi) is 7.24. The minimum atomic E-state index is 0.697. The standard InChI is InChI=1S/C20H24N4O2/c1-15(2)20(23-21-13-16-9-5-7-11-18(16)25-3)24-22-14-17-10-6-8-12-19(17)26-4/h5-14,23-24H,1-4H3/b21-13+,22-14+. The Hall–Kier alpha value is -3.28. The third-order valence-corrected chi connectivity index (χ3v) is 3.54. The number of methoxy groups -OCH3 is 2. The molecule has 136 valence electrons. The normalized spacial score (nSPS) is 10.8. The van der Waals surface area contributed by atoms with Crippen LogP contribution in [0.1, 0.15) is 25.0 Å². The van der Waals surface area contributed by atoms with E-state index in [9.17, 15) is 0 Å². The summed E-state index contributed by atoms with van der Waals surface area (Å²) in [4.78, 5) is 0. The number of hydrazone groups is 2. The van der Waals surface area contributed by atoms with Crippen molar-refractivity contribution in [1.82, 2.24) is 10.9 Å². The molecule has 0 fully saturated rings. The smallest absolute Gasteiger partial charge is 0.138 e. The second-order valence-corrected chi connectivity index (χ2v) is 5.60. The lowest BCUT2D eigenvalue weighted by molar-refractivity contribution is 0.414.